The number of fused-ring (bicyclic) bond motifs is 2. The van der Waals surface area contributed by atoms with E-state index in [2.05, 4.69) is 15.5 Å². The van der Waals surface area contributed by atoms with Crippen LogP contribution in [0, 0.1) is 24.7 Å². The molecule has 4 atom stereocenters. The lowest BCUT2D eigenvalue weighted by Crippen LogP contribution is -2.42. The number of nitrogens with one attached hydrogen (secondary N) is 1. The lowest BCUT2D eigenvalue weighted by molar-refractivity contribution is -0.121. The minimum absolute atomic E-state index is 0.0160. The van der Waals surface area contributed by atoms with Crippen molar-refractivity contribution in [2.75, 3.05) is 5.32 Å². The van der Waals surface area contributed by atoms with Crippen LogP contribution in [0.25, 0.3) is 0 Å². The van der Waals surface area contributed by atoms with E-state index in [1.165, 1.54) is 0 Å². The van der Waals surface area contributed by atoms with Gasteiger partial charge in [0.25, 0.3) is 0 Å². The Kier molecular flexibility index (Phi) is 2.39. The van der Waals surface area contributed by atoms with Crippen LogP contribution in [0.5, 0.6) is 0 Å². The first-order valence-electron chi connectivity index (χ1n) is 6.02. The van der Waals surface area contributed by atoms with Crippen LogP contribution in [0.4, 0.5) is 6.01 Å². The van der Waals surface area contributed by atoms with Gasteiger partial charge in [-0.15, -0.1) is 0 Å². The second-order valence-electron chi connectivity index (χ2n) is 5.07. The van der Waals surface area contributed by atoms with E-state index in [1.807, 2.05) is 0 Å². The van der Waals surface area contributed by atoms with Gasteiger partial charge in [0.1, 0.15) is 0 Å². The van der Waals surface area contributed by atoms with Crippen LogP contribution in [0.15, 0.2) is 4.52 Å². The molecular formula is C11H16N4O2. The Hall–Kier alpha value is -1.43. The van der Waals surface area contributed by atoms with Crippen molar-refractivity contribution in [1.29, 1.82) is 0 Å². The average molecular weight is 236 g/mol. The molecule has 1 amide bonds. The van der Waals surface area contributed by atoms with Crippen molar-refractivity contribution < 1.29 is 9.32 Å². The topological polar surface area (TPSA) is 94.0 Å². The number of hydrogen-bond donors (Lipinski definition) is 2. The van der Waals surface area contributed by atoms with Crippen LogP contribution in [-0.4, -0.2) is 22.1 Å². The van der Waals surface area contributed by atoms with E-state index in [0.717, 1.165) is 19.3 Å². The molecule has 1 aromatic heterocycles. The highest BCUT2D eigenvalue weighted by molar-refractivity contribution is 5.91. The van der Waals surface area contributed by atoms with Gasteiger partial charge in [0, 0.05) is 6.04 Å². The number of rotatable bonds is 2. The molecule has 4 unspecified atom stereocenters. The fraction of sp³-hybridized carbons (Fsp3) is 0.727. The molecular weight excluding hydrogens is 220 g/mol. The fourth-order valence-corrected chi connectivity index (χ4v) is 3.26. The smallest absolute Gasteiger partial charge is 0.327 e. The number of carbonyl (C=O) groups excluding carboxylic acids is 1. The summed E-state index contributed by atoms with van der Waals surface area (Å²) in [6.45, 7) is 1.71. The van der Waals surface area contributed by atoms with Gasteiger partial charge in [-0.25, -0.2) is 0 Å². The molecule has 0 radical (unpaired) electrons. The third-order valence-corrected chi connectivity index (χ3v) is 4.04. The molecule has 6 heteroatoms. The van der Waals surface area contributed by atoms with E-state index in [0.29, 0.717) is 17.7 Å². The summed E-state index contributed by atoms with van der Waals surface area (Å²) in [5.74, 6) is 1.28. The molecule has 6 nitrogen and oxygen atoms in total. The first-order chi connectivity index (χ1) is 8.15. The van der Waals surface area contributed by atoms with Gasteiger partial charge in [-0.1, -0.05) is 5.16 Å². The summed E-state index contributed by atoms with van der Waals surface area (Å²) in [5, 5.41) is 6.29. The molecule has 17 heavy (non-hydrogen) atoms. The molecule has 2 aliphatic carbocycles. The summed E-state index contributed by atoms with van der Waals surface area (Å²) < 4.78 is 4.88. The maximum absolute atomic E-state index is 12.1. The number of aromatic nitrogens is 2. The quantitative estimate of drug-likeness (QED) is 0.787. The minimum Gasteiger partial charge on any atom is -0.327 e. The molecule has 0 aromatic carbocycles. The summed E-state index contributed by atoms with van der Waals surface area (Å²) >= 11 is 0. The number of aryl methyl sites for hydroxylation is 1. The summed E-state index contributed by atoms with van der Waals surface area (Å²) in [6, 6.07) is 0.153. The van der Waals surface area contributed by atoms with Gasteiger partial charge >= 0.3 is 6.01 Å². The van der Waals surface area contributed by atoms with Crippen LogP contribution >= 0.6 is 0 Å². The zero-order valence-electron chi connectivity index (χ0n) is 9.72. The lowest BCUT2D eigenvalue weighted by atomic mass is 9.84. The van der Waals surface area contributed by atoms with Crippen molar-refractivity contribution in [3.05, 3.63) is 5.82 Å². The van der Waals surface area contributed by atoms with Crippen molar-refractivity contribution in [1.82, 2.24) is 10.1 Å². The summed E-state index contributed by atoms with van der Waals surface area (Å²) in [5.41, 5.74) is 6.10. The predicted molar refractivity (Wildman–Crippen MR) is 60.0 cm³/mol. The largest absolute Gasteiger partial charge is 0.328 e. The fourth-order valence-electron chi connectivity index (χ4n) is 3.26. The van der Waals surface area contributed by atoms with Crippen LogP contribution in [-0.2, 0) is 4.79 Å². The Morgan fingerprint density at radius 3 is 2.82 bits per heavy atom. The van der Waals surface area contributed by atoms with E-state index < -0.39 is 0 Å². The molecule has 1 aromatic rings. The lowest BCUT2D eigenvalue weighted by Gasteiger charge is -2.26. The third-order valence-electron chi connectivity index (χ3n) is 4.04. The van der Waals surface area contributed by atoms with Crippen molar-refractivity contribution in [2.45, 2.75) is 32.2 Å². The summed E-state index contributed by atoms with van der Waals surface area (Å²) in [4.78, 5) is 16.1. The number of nitrogens with two attached hydrogens (primary N) is 1. The SMILES string of the molecule is Cc1noc(NC(=O)C2C3CCC(C3)C2N)n1. The van der Waals surface area contributed by atoms with E-state index in [4.69, 9.17) is 10.3 Å². The Morgan fingerprint density at radius 1 is 1.47 bits per heavy atom. The molecule has 1 heterocycles. The zero-order valence-corrected chi connectivity index (χ0v) is 9.72. The van der Waals surface area contributed by atoms with Gasteiger partial charge in [0.15, 0.2) is 5.82 Å². The number of hydrogen-bond acceptors (Lipinski definition) is 5. The Morgan fingerprint density at radius 2 is 2.24 bits per heavy atom. The zero-order chi connectivity index (χ0) is 12.0. The Labute approximate surface area is 98.9 Å². The monoisotopic (exact) mass is 236 g/mol. The summed E-state index contributed by atoms with van der Waals surface area (Å²) in [7, 11) is 0. The van der Waals surface area contributed by atoms with Gasteiger partial charge in [-0.05, 0) is 38.0 Å². The molecule has 2 bridgehead atoms. The highest BCUT2D eigenvalue weighted by Gasteiger charge is 2.49. The minimum atomic E-state index is -0.0963. The number of amides is 1. The molecule has 0 spiro atoms. The standard InChI is InChI=1S/C11H16N4O2/c1-5-13-11(17-15-5)14-10(16)8-6-2-3-7(4-6)9(8)12/h6-9H,2-4,12H2,1H3,(H,13,14,15,16). The van der Waals surface area contributed by atoms with E-state index in [-0.39, 0.29) is 23.9 Å². The Bertz CT molecular complexity index is 442. The number of nitrogens with zero attached hydrogens (tertiary/aromatic N) is 2. The highest BCUT2D eigenvalue weighted by atomic mass is 16.5. The molecule has 3 rings (SSSR count). The van der Waals surface area contributed by atoms with E-state index in [9.17, 15) is 4.79 Å². The summed E-state index contributed by atoms with van der Waals surface area (Å²) in [6.07, 6.45) is 3.36. The van der Waals surface area contributed by atoms with Gasteiger partial charge in [-0.3, -0.25) is 10.1 Å². The van der Waals surface area contributed by atoms with Gasteiger partial charge < -0.3 is 10.3 Å². The predicted octanol–water partition coefficient (Wildman–Crippen LogP) is 0.690. The second kappa shape index (κ2) is 3.80. The molecule has 2 saturated carbocycles. The van der Waals surface area contributed by atoms with Crippen LogP contribution in [0.2, 0.25) is 0 Å². The molecule has 2 fully saturated rings. The van der Waals surface area contributed by atoms with Gasteiger partial charge in [0.05, 0.1) is 5.92 Å². The number of carbonyl (C=O) groups is 1. The second-order valence-corrected chi connectivity index (χ2v) is 5.07. The normalized spacial score (nSPS) is 35.2. The van der Waals surface area contributed by atoms with Crippen molar-refractivity contribution >= 4 is 11.9 Å². The van der Waals surface area contributed by atoms with Crippen LogP contribution in [0.3, 0.4) is 0 Å². The molecule has 2 aliphatic rings. The highest BCUT2D eigenvalue weighted by Crippen LogP contribution is 2.47. The van der Waals surface area contributed by atoms with E-state index in [1.54, 1.807) is 6.92 Å². The van der Waals surface area contributed by atoms with Crippen LogP contribution < -0.4 is 11.1 Å². The molecule has 92 valence electrons. The maximum Gasteiger partial charge on any atom is 0.328 e. The van der Waals surface area contributed by atoms with E-state index >= 15 is 0 Å². The third kappa shape index (κ3) is 1.72. The van der Waals surface area contributed by atoms with Gasteiger partial charge in [0.2, 0.25) is 5.91 Å². The van der Waals surface area contributed by atoms with Crippen LogP contribution in [0.1, 0.15) is 25.1 Å². The maximum atomic E-state index is 12.1. The Balaban J connectivity index is 1.70. The first kappa shape index (κ1) is 10.7. The molecule has 0 saturated heterocycles. The van der Waals surface area contributed by atoms with Crippen molar-refractivity contribution in [3.63, 3.8) is 0 Å². The van der Waals surface area contributed by atoms with Gasteiger partial charge in [-0.2, -0.15) is 4.98 Å². The van der Waals surface area contributed by atoms with Crippen molar-refractivity contribution in [3.8, 4) is 0 Å². The first-order valence-corrected chi connectivity index (χ1v) is 6.02. The average Bonchev–Trinajstić information content (AvgIpc) is 2.94. The molecule has 0 aliphatic heterocycles. The number of anilines is 1. The van der Waals surface area contributed by atoms with Crippen molar-refractivity contribution in [2.24, 2.45) is 23.5 Å². The molecule has 3 N–H and O–H groups in total.